The molecule has 0 radical (unpaired) electrons. The SMILES string of the molecule is CC1CN(C)CCCN1C[C@H]1CO1. The third kappa shape index (κ3) is 2.66. The van der Waals surface area contributed by atoms with Gasteiger partial charge in [-0.05, 0) is 33.5 Å². The Kier molecular flexibility index (Phi) is 2.86. The van der Waals surface area contributed by atoms with Crippen LogP contribution >= 0.6 is 0 Å². The van der Waals surface area contributed by atoms with Crippen molar-refractivity contribution in [3.05, 3.63) is 0 Å². The maximum absolute atomic E-state index is 5.27. The topological polar surface area (TPSA) is 19.0 Å². The minimum atomic E-state index is 0.547. The molecule has 0 bridgehead atoms. The van der Waals surface area contributed by atoms with Gasteiger partial charge in [0.2, 0.25) is 0 Å². The lowest BCUT2D eigenvalue weighted by molar-refractivity contribution is 0.185. The quantitative estimate of drug-likeness (QED) is 0.579. The second-order valence-electron chi connectivity index (χ2n) is 4.42. The Morgan fingerprint density at radius 3 is 2.85 bits per heavy atom. The lowest BCUT2D eigenvalue weighted by Gasteiger charge is -2.26. The third-order valence-corrected chi connectivity index (χ3v) is 3.02. The summed E-state index contributed by atoms with van der Waals surface area (Å²) in [5, 5.41) is 0. The van der Waals surface area contributed by atoms with Gasteiger partial charge in [0.15, 0.2) is 0 Å². The van der Waals surface area contributed by atoms with E-state index in [2.05, 4.69) is 23.8 Å². The van der Waals surface area contributed by atoms with Crippen LogP contribution in [0.4, 0.5) is 0 Å². The predicted octanol–water partition coefficient (Wildman–Crippen LogP) is 0.411. The Balaban J connectivity index is 1.84. The molecule has 2 heterocycles. The summed E-state index contributed by atoms with van der Waals surface area (Å²) >= 11 is 0. The highest BCUT2D eigenvalue weighted by Crippen LogP contribution is 2.15. The summed E-state index contributed by atoms with van der Waals surface area (Å²) in [4.78, 5) is 5.00. The van der Waals surface area contributed by atoms with Gasteiger partial charge >= 0.3 is 0 Å². The average molecular weight is 184 g/mol. The fourth-order valence-electron chi connectivity index (χ4n) is 2.13. The maximum atomic E-state index is 5.27. The van der Waals surface area contributed by atoms with Gasteiger partial charge in [0, 0.05) is 19.1 Å². The molecule has 1 unspecified atom stereocenters. The molecule has 0 N–H and O–H groups in total. The molecule has 2 fully saturated rings. The molecule has 3 nitrogen and oxygen atoms in total. The lowest BCUT2D eigenvalue weighted by atomic mass is 10.2. The summed E-state index contributed by atoms with van der Waals surface area (Å²) in [7, 11) is 2.22. The molecule has 2 aliphatic heterocycles. The van der Waals surface area contributed by atoms with Crippen molar-refractivity contribution in [3.8, 4) is 0 Å². The molecule has 2 saturated heterocycles. The predicted molar refractivity (Wildman–Crippen MR) is 52.9 cm³/mol. The number of likely N-dealkylation sites (N-methyl/N-ethyl adjacent to an activating group) is 1. The first-order chi connectivity index (χ1) is 6.25. The summed E-state index contributed by atoms with van der Waals surface area (Å²) < 4.78 is 5.27. The molecule has 0 saturated carbocycles. The van der Waals surface area contributed by atoms with Gasteiger partial charge in [0.1, 0.15) is 0 Å². The van der Waals surface area contributed by atoms with E-state index in [9.17, 15) is 0 Å². The van der Waals surface area contributed by atoms with Gasteiger partial charge in [-0.3, -0.25) is 4.90 Å². The Hall–Kier alpha value is -0.120. The Bertz CT molecular complexity index is 170. The van der Waals surface area contributed by atoms with Crippen LogP contribution < -0.4 is 0 Å². The zero-order valence-electron chi connectivity index (χ0n) is 8.70. The van der Waals surface area contributed by atoms with E-state index >= 15 is 0 Å². The van der Waals surface area contributed by atoms with Crippen molar-refractivity contribution < 1.29 is 4.74 Å². The van der Waals surface area contributed by atoms with Crippen molar-refractivity contribution in [3.63, 3.8) is 0 Å². The average Bonchev–Trinajstić information content (AvgIpc) is 2.85. The van der Waals surface area contributed by atoms with Crippen molar-refractivity contribution >= 4 is 0 Å². The van der Waals surface area contributed by atoms with Gasteiger partial charge in [-0.2, -0.15) is 0 Å². The molecule has 0 aliphatic carbocycles. The van der Waals surface area contributed by atoms with Crippen LogP contribution in [0.25, 0.3) is 0 Å². The van der Waals surface area contributed by atoms with E-state index in [0.717, 1.165) is 13.2 Å². The molecule has 2 rings (SSSR count). The standard InChI is InChI=1S/C10H20N2O/c1-9-6-11(2)4-3-5-12(9)7-10-8-13-10/h9-10H,3-8H2,1-2H3/t9?,10-/m0/s1. The van der Waals surface area contributed by atoms with Crippen molar-refractivity contribution in [2.24, 2.45) is 0 Å². The van der Waals surface area contributed by atoms with E-state index in [0.29, 0.717) is 12.1 Å². The number of ether oxygens (including phenoxy) is 1. The van der Waals surface area contributed by atoms with Crippen molar-refractivity contribution in [1.29, 1.82) is 0 Å². The third-order valence-electron chi connectivity index (χ3n) is 3.02. The molecule has 76 valence electrons. The first-order valence-corrected chi connectivity index (χ1v) is 5.30. The summed E-state index contributed by atoms with van der Waals surface area (Å²) in [5.74, 6) is 0. The van der Waals surface area contributed by atoms with E-state index in [4.69, 9.17) is 4.74 Å². The van der Waals surface area contributed by atoms with E-state index in [1.54, 1.807) is 0 Å². The van der Waals surface area contributed by atoms with E-state index in [1.807, 2.05) is 0 Å². The summed E-state index contributed by atoms with van der Waals surface area (Å²) in [6.07, 6.45) is 1.85. The molecule has 0 aromatic heterocycles. The summed E-state index contributed by atoms with van der Waals surface area (Å²) in [5.41, 5.74) is 0. The second kappa shape index (κ2) is 3.95. The van der Waals surface area contributed by atoms with Crippen LogP contribution in [0.3, 0.4) is 0 Å². The fraction of sp³-hybridized carbons (Fsp3) is 1.00. The molecular formula is C10H20N2O. The van der Waals surface area contributed by atoms with E-state index in [-0.39, 0.29) is 0 Å². The molecule has 0 amide bonds. The largest absolute Gasteiger partial charge is 0.372 e. The molecule has 2 atom stereocenters. The smallest absolute Gasteiger partial charge is 0.0936 e. The minimum Gasteiger partial charge on any atom is -0.372 e. The minimum absolute atomic E-state index is 0.547. The molecule has 13 heavy (non-hydrogen) atoms. The number of hydrogen-bond acceptors (Lipinski definition) is 3. The fourth-order valence-corrected chi connectivity index (χ4v) is 2.13. The van der Waals surface area contributed by atoms with Crippen LogP contribution in [0.1, 0.15) is 13.3 Å². The Morgan fingerprint density at radius 1 is 1.38 bits per heavy atom. The maximum Gasteiger partial charge on any atom is 0.0936 e. The normalized spacial score (nSPS) is 37.4. The zero-order valence-corrected chi connectivity index (χ0v) is 8.70. The van der Waals surface area contributed by atoms with Crippen molar-refractivity contribution in [1.82, 2.24) is 9.80 Å². The van der Waals surface area contributed by atoms with Crippen LogP contribution in [0, 0.1) is 0 Å². The molecule has 0 aromatic carbocycles. The van der Waals surface area contributed by atoms with Crippen LogP contribution in [0.15, 0.2) is 0 Å². The van der Waals surface area contributed by atoms with Crippen LogP contribution in [-0.4, -0.2) is 61.8 Å². The lowest BCUT2D eigenvalue weighted by Crippen LogP contribution is -2.39. The number of nitrogens with zero attached hydrogens (tertiary/aromatic N) is 2. The zero-order chi connectivity index (χ0) is 9.26. The van der Waals surface area contributed by atoms with Crippen LogP contribution in [-0.2, 0) is 4.74 Å². The Morgan fingerprint density at radius 2 is 2.15 bits per heavy atom. The van der Waals surface area contributed by atoms with Crippen molar-refractivity contribution in [2.75, 3.05) is 39.8 Å². The molecule has 0 spiro atoms. The van der Waals surface area contributed by atoms with E-state index in [1.165, 1.54) is 26.1 Å². The number of epoxide rings is 1. The summed E-state index contributed by atoms with van der Waals surface area (Å²) in [6.45, 7) is 8.14. The number of rotatable bonds is 2. The van der Waals surface area contributed by atoms with E-state index < -0.39 is 0 Å². The van der Waals surface area contributed by atoms with Gasteiger partial charge < -0.3 is 9.64 Å². The highest BCUT2D eigenvalue weighted by molar-refractivity contribution is 4.81. The van der Waals surface area contributed by atoms with Gasteiger partial charge in [-0.1, -0.05) is 0 Å². The molecule has 3 heteroatoms. The highest BCUT2D eigenvalue weighted by atomic mass is 16.6. The molecule has 0 aromatic rings. The first kappa shape index (κ1) is 9.44. The van der Waals surface area contributed by atoms with Gasteiger partial charge in [0.25, 0.3) is 0 Å². The first-order valence-electron chi connectivity index (χ1n) is 5.30. The van der Waals surface area contributed by atoms with Crippen molar-refractivity contribution in [2.45, 2.75) is 25.5 Å². The van der Waals surface area contributed by atoms with Gasteiger partial charge in [-0.25, -0.2) is 0 Å². The number of hydrogen-bond donors (Lipinski definition) is 0. The monoisotopic (exact) mass is 184 g/mol. The molecule has 2 aliphatic rings. The Labute approximate surface area is 80.6 Å². The summed E-state index contributed by atoms with van der Waals surface area (Å²) in [6, 6.07) is 0.691. The molecular weight excluding hydrogens is 164 g/mol. The van der Waals surface area contributed by atoms with Crippen LogP contribution in [0.5, 0.6) is 0 Å². The highest BCUT2D eigenvalue weighted by Gasteiger charge is 2.28. The van der Waals surface area contributed by atoms with Crippen LogP contribution in [0.2, 0.25) is 0 Å². The van der Waals surface area contributed by atoms with Gasteiger partial charge in [-0.15, -0.1) is 0 Å². The second-order valence-corrected chi connectivity index (χ2v) is 4.42. The van der Waals surface area contributed by atoms with Gasteiger partial charge in [0.05, 0.1) is 12.7 Å².